The third-order valence-corrected chi connectivity index (χ3v) is 3.63. The zero-order chi connectivity index (χ0) is 13.1. The number of aromatic nitrogens is 2. The fourth-order valence-electron chi connectivity index (χ4n) is 2.31. The van der Waals surface area contributed by atoms with Crippen LogP contribution in [0.4, 0.5) is 11.6 Å². The monoisotopic (exact) mass is 274 g/mol. The molecule has 2 heterocycles. The minimum absolute atomic E-state index is 0.807. The molecule has 0 radical (unpaired) electrons. The summed E-state index contributed by atoms with van der Waals surface area (Å²) in [5.41, 5.74) is 1.11. The van der Waals surface area contributed by atoms with Gasteiger partial charge < -0.3 is 9.80 Å². The summed E-state index contributed by atoms with van der Waals surface area (Å²) in [5, 5.41) is 0.812. The molecule has 0 N–H and O–H groups in total. The van der Waals surface area contributed by atoms with Gasteiger partial charge in [-0.15, -0.1) is 0 Å². The smallest absolute Gasteiger partial charge is 0.225 e. The van der Waals surface area contributed by atoms with Gasteiger partial charge in [0, 0.05) is 38.6 Å². The first-order valence-electron chi connectivity index (χ1n) is 6.36. The number of nitrogens with zero attached hydrogens (tertiary/aromatic N) is 4. The summed E-state index contributed by atoms with van der Waals surface area (Å²) in [6, 6.07) is 9.82. The number of para-hydroxylation sites is 1. The minimum Gasteiger partial charge on any atom is -0.367 e. The van der Waals surface area contributed by atoms with Crippen LogP contribution in [0.5, 0.6) is 0 Å². The summed E-state index contributed by atoms with van der Waals surface area (Å²) in [5.74, 6) is 0.807. The average molecular weight is 275 g/mol. The van der Waals surface area contributed by atoms with Gasteiger partial charge in [0.1, 0.15) is 0 Å². The Labute approximate surface area is 117 Å². The highest BCUT2D eigenvalue weighted by molar-refractivity contribution is 6.33. The maximum Gasteiger partial charge on any atom is 0.225 e. The largest absolute Gasteiger partial charge is 0.367 e. The Hall–Kier alpha value is -1.81. The molecule has 0 saturated carbocycles. The first-order valence-corrected chi connectivity index (χ1v) is 6.74. The molecule has 1 aliphatic heterocycles. The summed E-state index contributed by atoms with van der Waals surface area (Å²) in [4.78, 5) is 13.1. The van der Waals surface area contributed by atoms with Gasteiger partial charge >= 0.3 is 0 Å². The van der Waals surface area contributed by atoms with E-state index in [9.17, 15) is 0 Å². The average Bonchev–Trinajstić information content (AvgIpc) is 2.49. The number of anilines is 2. The second-order valence-corrected chi connectivity index (χ2v) is 4.88. The molecule has 0 amide bonds. The molecule has 1 aromatic carbocycles. The molecule has 0 atom stereocenters. The summed E-state index contributed by atoms with van der Waals surface area (Å²) < 4.78 is 0. The lowest BCUT2D eigenvalue weighted by molar-refractivity contribution is 0.640. The van der Waals surface area contributed by atoms with Gasteiger partial charge in [0.05, 0.1) is 10.7 Å². The highest BCUT2D eigenvalue weighted by Gasteiger charge is 2.19. The van der Waals surface area contributed by atoms with E-state index in [1.165, 1.54) is 0 Å². The van der Waals surface area contributed by atoms with Crippen LogP contribution < -0.4 is 9.80 Å². The van der Waals surface area contributed by atoms with Crippen molar-refractivity contribution in [1.29, 1.82) is 0 Å². The Balaban J connectivity index is 1.69. The fraction of sp³-hybridized carbons (Fsp3) is 0.286. The van der Waals surface area contributed by atoms with E-state index in [0.29, 0.717) is 0 Å². The van der Waals surface area contributed by atoms with Crippen molar-refractivity contribution in [3.63, 3.8) is 0 Å². The van der Waals surface area contributed by atoms with Crippen LogP contribution in [0, 0.1) is 0 Å². The number of benzene rings is 1. The van der Waals surface area contributed by atoms with Crippen molar-refractivity contribution in [3.05, 3.63) is 47.7 Å². The van der Waals surface area contributed by atoms with E-state index in [-0.39, 0.29) is 0 Å². The highest BCUT2D eigenvalue weighted by Crippen LogP contribution is 2.26. The van der Waals surface area contributed by atoms with Crippen LogP contribution in [0.1, 0.15) is 0 Å². The molecule has 1 aliphatic rings. The molecule has 0 unspecified atom stereocenters. The third kappa shape index (κ3) is 2.63. The minimum atomic E-state index is 0.807. The van der Waals surface area contributed by atoms with Crippen molar-refractivity contribution >= 4 is 23.2 Å². The first-order chi connectivity index (χ1) is 9.34. The van der Waals surface area contributed by atoms with Crippen LogP contribution in [-0.4, -0.2) is 36.1 Å². The molecule has 98 valence electrons. The van der Waals surface area contributed by atoms with Crippen molar-refractivity contribution in [3.8, 4) is 0 Å². The van der Waals surface area contributed by atoms with Gasteiger partial charge in [0.15, 0.2) is 0 Å². The SMILES string of the molecule is Clc1ccccc1N1CCN(c2ncccn2)CC1. The number of rotatable bonds is 2. The van der Waals surface area contributed by atoms with E-state index in [1.807, 2.05) is 24.3 Å². The predicted octanol–water partition coefficient (Wildman–Crippen LogP) is 2.46. The van der Waals surface area contributed by atoms with Crippen molar-refractivity contribution in [2.75, 3.05) is 36.0 Å². The Morgan fingerprint density at radius 3 is 2.16 bits per heavy atom. The van der Waals surface area contributed by atoms with Crippen molar-refractivity contribution in [2.24, 2.45) is 0 Å². The lowest BCUT2D eigenvalue weighted by atomic mass is 10.2. The zero-order valence-corrected chi connectivity index (χ0v) is 11.3. The summed E-state index contributed by atoms with van der Waals surface area (Å²) in [6.45, 7) is 3.69. The molecule has 1 fully saturated rings. The molecule has 0 bridgehead atoms. The Kier molecular flexibility index (Phi) is 3.51. The molecule has 3 rings (SSSR count). The van der Waals surface area contributed by atoms with Crippen LogP contribution >= 0.6 is 11.6 Å². The standard InChI is InChI=1S/C14H15ClN4/c15-12-4-1-2-5-13(12)18-8-10-19(11-9-18)14-16-6-3-7-17-14/h1-7H,8-11H2. The van der Waals surface area contributed by atoms with Gasteiger partial charge in [0.25, 0.3) is 0 Å². The predicted molar refractivity (Wildman–Crippen MR) is 77.9 cm³/mol. The van der Waals surface area contributed by atoms with Gasteiger partial charge in [0.2, 0.25) is 5.95 Å². The second-order valence-electron chi connectivity index (χ2n) is 4.47. The Morgan fingerprint density at radius 1 is 0.842 bits per heavy atom. The van der Waals surface area contributed by atoms with E-state index >= 15 is 0 Å². The topological polar surface area (TPSA) is 32.3 Å². The van der Waals surface area contributed by atoms with Gasteiger partial charge in [-0.3, -0.25) is 0 Å². The van der Waals surface area contributed by atoms with Crippen LogP contribution in [0.3, 0.4) is 0 Å². The van der Waals surface area contributed by atoms with Crippen LogP contribution in [0.2, 0.25) is 5.02 Å². The zero-order valence-electron chi connectivity index (χ0n) is 10.5. The maximum atomic E-state index is 6.23. The molecule has 0 aliphatic carbocycles. The molecule has 4 nitrogen and oxygen atoms in total. The summed E-state index contributed by atoms with van der Waals surface area (Å²) in [6.07, 6.45) is 3.56. The molecule has 2 aromatic rings. The Morgan fingerprint density at radius 2 is 1.47 bits per heavy atom. The molecular weight excluding hydrogens is 260 g/mol. The van der Waals surface area contributed by atoms with E-state index in [1.54, 1.807) is 12.4 Å². The molecule has 1 aromatic heterocycles. The Bertz CT molecular complexity index is 538. The van der Waals surface area contributed by atoms with Gasteiger partial charge in [-0.05, 0) is 18.2 Å². The normalized spacial score (nSPS) is 15.6. The van der Waals surface area contributed by atoms with Crippen molar-refractivity contribution < 1.29 is 0 Å². The molecule has 1 saturated heterocycles. The highest BCUT2D eigenvalue weighted by atomic mass is 35.5. The quantitative estimate of drug-likeness (QED) is 0.842. The fourth-order valence-corrected chi connectivity index (χ4v) is 2.57. The van der Waals surface area contributed by atoms with E-state index in [4.69, 9.17) is 11.6 Å². The van der Waals surface area contributed by atoms with E-state index in [2.05, 4.69) is 25.8 Å². The number of hydrogen-bond acceptors (Lipinski definition) is 4. The molecule has 5 heteroatoms. The number of piperazine rings is 1. The van der Waals surface area contributed by atoms with Crippen molar-refractivity contribution in [1.82, 2.24) is 9.97 Å². The molecular formula is C14H15ClN4. The van der Waals surface area contributed by atoms with Crippen molar-refractivity contribution in [2.45, 2.75) is 0 Å². The lowest BCUT2D eigenvalue weighted by Crippen LogP contribution is -2.47. The van der Waals surface area contributed by atoms with E-state index < -0.39 is 0 Å². The number of hydrogen-bond donors (Lipinski definition) is 0. The second kappa shape index (κ2) is 5.45. The van der Waals surface area contributed by atoms with Crippen LogP contribution in [0.25, 0.3) is 0 Å². The lowest BCUT2D eigenvalue weighted by Gasteiger charge is -2.36. The molecule has 19 heavy (non-hydrogen) atoms. The van der Waals surface area contributed by atoms with Crippen LogP contribution in [0.15, 0.2) is 42.7 Å². The van der Waals surface area contributed by atoms with E-state index in [0.717, 1.165) is 42.8 Å². The first kappa shape index (κ1) is 12.2. The van der Waals surface area contributed by atoms with Gasteiger partial charge in [-0.1, -0.05) is 23.7 Å². The van der Waals surface area contributed by atoms with Crippen LogP contribution in [-0.2, 0) is 0 Å². The summed E-state index contributed by atoms with van der Waals surface area (Å²) in [7, 11) is 0. The van der Waals surface area contributed by atoms with Gasteiger partial charge in [-0.25, -0.2) is 9.97 Å². The summed E-state index contributed by atoms with van der Waals surface area (Å²) >= 11 is 6.23. The third-order valence-electron chi connectivity index (χ3n) is 3.31. The van der Waals surface area contributed by atoms with Gasteiger partial charge in [-0.2, -0.15) is 0 Å². The molecule has 0 spiro atoms. The number of halogens is 1. The maximum absolute atomic E-state index is 6.23.